The van der Waals surface area contributed by atoms with Gasteiger partial charge in [0.25, 0.3) is 0 Å². The first kappa shape index (κ1) is 14.8. The van der Waals surface area contributed by atoms with E-state index in [0.29, 0.717) is 0 Å². The van der Waals surface area contributed by atoms with Gasteiger partial charge >= 0.3 is 0 Å². The smallest absolute Gasteiger partial charge is 0.186 e. The van der Waals surface area contributed by atoms with Crippen LogP contribution in [-0.2, 0) is 6.42 Å². The lowest BCUT2D eigenvalue weighted by molar-refractivity contribution is 0.573. The van der Waals surface area contributed by atoms with Gasteiger partial charge in [0, 0.05) is 23.0 Å². The van der Waals surface area contributed by atoms with Crippen LogP contribution in [0.3, 0.4) is 0 Å². The molecule has 0 fully saturated rings. The van der Waals surface area contributed by atoms with Crippen molar-refractivity contribution in [1.82, 2.24) is 4.98 Å². The number of halogens is 1. The molecule has 5 heteroatoms. The third kappa shape index (κ3) is 2.93. The minimum atomic E-state index is 0.166. The number of benzene rings is 1. The van der Waals surface area contributed by atoms with Crippen molar-refractivity contribution in [3.05, 3.63) is 45.4 Å². The summed E-state index contributed by atoms with van der Waals surface area (Å²) in [6.07, 6.45) is 3.28. The fraction of sp³-hybridized carbons (Fsp3) is 0.438. The molecular weight excluding hydrogens is 302 g/mol. The van der Waals surface area contributed by atoms with E-state index in [1.54, 1.807) is 11.3 Å². The molecule has 0 saturated heterocycles. The number of fused-ring (bicyclic) bond motifs is 1. The van der Waals surface area contributed by atoms with Crippen molar-refractivity contribution in [2.75, 3.05) is 11.9 Å². The van der Waals surface area contributed by atoms with Gasteiger partial charge in [-0.2, -0.15) is 0 Å². The zero-order valence-corrected chi connectivity index (χ0v) is 13.9. The summed E-state index contributed by atoms with van der Waals surface area (Å²) >= 11 is 7.70. The highest BCUT2D eigenvalue weighted by Crippen LogP contribution is 2.38. The number of nitrogens with two attached hydrogens (primary N) is 1. The van der Waals surface area contributed by atoms with Crippen molar-refractivity contribution in [3.8, 4) is 0 Å². The maximum atomic E-state index is 6.20. The number of thiazole rings is 1. The monoisotopic (exact) mass is 321 g/mol. The van der Waals surface area contributed by atoms with Crippen molar-refractivity contribution < 1.29 is 0 Å². The molecule has 2 N–H and O–H groups in total. The fourth-order valence-corrected chi connectivity index (χ4v) is 4.04. The second kappa shape index (κ2) is 5.95. The van der Waals surface area contributed by atoms with E-state index in [-0.39, 0.29) is 12.1 Å². The first-order valence-corrected chi connectivity index (χ1v) is 8.49. The molecule has 0 aliphatic heterocycles. The van der Waals surface area contributed by atoms with Crippen molar-refractivity contribution in [3.63, 3.8) is 0 Å². The quantitative estimate of drug-likeness (QED) is 0.915. The van der Waals surface area contributed by atoms with E-state index in [2.05, 4.69) is 31.0 Å². The van der Waals surface area contributed by atoms with Crippen LogP contribution in [0, 0.1) is 0 Å². The predicted molar refractivity (Wildman–Crippen MR) is 90.3 cm³/mol. The highest BCUT2D eigenvalue weighted by molar-refractivity contribution is 7.15. The third-order valence-corrected chi connectivity index (χ3v) is 5.79. The molecule has 2 atom stereocenters. The van der Waals surface area contributed by atoms with E-state index in [1.807, 2.05) is 12.1 Å². The molecule has 21 heavy (non-hydrogen) atoms. The average Bonchev–Trinajstić information content (AvgIpc) is 2.92. The van der Waals surface area contributed by atoms with E-state index < -0.39 is 0 Å². The van der Waals surface area contributed by atoms with Crippen molar-refractivity contribution in [2.24, 2.45) is 5.73 Å². The van der Waals surface area contributed by atoms with Gasteiger partial charge in [0.2, 0.25) is 0 Å². The van der Waals surface area contributed by atoms with Gasteiger partial charge in [-0.3, -0.25) is 0 Å². The Labute approximate surface area is 134 Å². The maximum absolute atomic E-state index is 6.20. The summed E-state index contributed by atoms with van der Waals surface area (Å²) in [5, 5.41) is 1.82. The fourth-order valence-electron chi connectivity index (χ4n) is 2.72. The molecule has 1 aromatic carbocycles. The number of aryl methyl sites for hydroxylation is 1. The molecular formula is C16H20ClN3S. The summed E-state index contributed by atoms with van der Waals surface area (Å²) in [6.45, 7) is 2.18. The summed E-state index contributed by atoms with van der Waals surface area (Å²) in [5.74, 6) is 0. The Morgan fingerprint density at radius 3 is 2.76 bits per heavy atom. The van der Waals surface area contributed by atoms with Crippen molar-refractivity contribution >= 4 is 28.1 Å². The molecule has 0 radical (unpaired) electrons. The molecule has 1 heterocycles. The van der Waals surface area contributed by atoms with Gasteiger partial charge in [-0.25, -0.2) is 4.98 Å². The SMILES string of the molecule is CC(c1ccc(Cl)cc1)N(C)c1nc2c(s1)C(N)CCC2. The highest BCUT2D eigenvalue weighted by Gasteiger charge is 2.24. The second-order valence-corrected chi connectivity index (χ2v) is 7.09. The normalized spacial score (nSPS) is 19.1. The molecule has 3 nitrogen and oxygen atoms in total. The van der Waals surface area contributed by atoms with Crippen molar-refractivity contribution in [2.45, 2.75) is 38.3 Å². The van der Waals surface area contributed by atoms with E-state index >= 15 is 0 Å². The van der Waals surface area contributed by atoms with Gasteiger partial charge in [0.15, 0.2) is 5.13 Å². The summed E-state index contributed by atoms with van der Waals surface area (Å²) in [5.41, 5.74) is 8.63. The van der Waals surface area contributed by atoms with Crippen LogP contribution >= 0.6 is 22.9 Å². The molecule has 2 unspecified atom stereocenters. The predicted octanol–water partition coefficient (Wildman–Crippen LogP) is 4.33. The topological polar surface area (TPSA) is 42.2 Å². The number of nitrogens with zero attached hydrogens (tertiary/aromatic N) is 2. The summed E-state index contributed by atoms with van der Waals surface area (Å²) in [7, 11) is 2.09. The largest absolute Gasteiger partial charge is 0.344 e. The summed E-state index contributed by atoms with van der Waals surface area (Å²) in [4.78, 5) is 8.29. The van der Waals surface area contributed by atoms with Gasteiger partial charge in [-0.15, -0.1) is 0 Å². The Morgan fingerprint density at radius 2 is 2.10 bits per heavy atom. The van der Waals surface area contributed by atoms with Crippen LogP contribution in [0.2, 0.25) is 5.02 Å². The molecule has 1 aromatic heterocycles. The number of aromatic nitrogens is 1. The Bertz CT molecular complexity index is 623. The van der Waals surface area contributed by atoms with Gasteiger partial charge in [0.05, 0.1) is 11.7 Å². The first-order valence-electron chi connectivity index (χ1n) is 7.29. The molecule has 2 aromatic rings. The van der Waals surface area contributed by atoms with Crippen LogP contribution in [0.15, 0.2) is 24.3 Å². The number of hydrogen-bond donors (Lipinski definition) is 1. The van der Waals surface area contributed by atoms with Gasteiger partial charge in [-0.1, -0.05) is 35.1 Å². The Morgan fingerprint density at radius 1 is 1.38 bits per heavy atom. The average molecular weight is 322 g/mol. The zero-order valence-electron chi connectivity index (χ0n) is 12.3. The molecule has 112 valence electrons. The Balaban J connectivity index is 1.84. The van der Waals surface area contributed by atoms with Crippen LogP contribution in [0.25, 0.3) is 0 Å². The lowest BCUT2D eigenvalue weighted by atomic mass is 9.99. The first-order chi connectivity index (χ1) is 10.1. The molecule has 3 rings (SSSR count). The molecule has 0 amide bonds. The Hall–Kier alpha value is -1.10. The Kier molecular flexibility index (Phi) is 4.20. The van der Waals surface area contributed by atoms with Gasteiger partial charge in [0.1, 0.15) is 0 Å². The minimum absolute atomic E-state index is 0.166. The van der Waals surface area contributed by atoms with Gasteiger partial charge < -0.3 is 10.6 Å². The maximum Gasteiger partial charge on any atom is 0.186 e. The van der Waals surface area contributed by atoms with Crippen LogP contribution < -0.4 is 10.6 Å². The summed E-state index contributed by atoms with van der Waals surface area (Å²) in [6, 6.07) is 8.44. The van der Waals surface area contributed by atoms with E-state index in [4.69, 9.17) is 22.3 Å². The van der Waals surface area contributed by atoms with Gasteiger partial charge in [-0.05, 0) is 43.9 Å². The second-order valence-electron chi connectivity index (χ2n) is 5.64. The molecule has 1 aliphatic rings. The molecule has 1 aliphatic carbocycles. The highest BCUT2D eigenvalue weighted by atomic mass is 35.5. The molecule has 0 saturated carbocycles. The number of rotatable bonds is 3. The zero-order chi connectivity index (χ0) is 15.0. The lowest BCUT2D eigenvalue weighted by Crippen LogP contribution is -2.21. The van der Waals surface area contributed by atoms with E-state index in [9.17, 15) is 0 Å². The molecule has 0 spiro atoms. The summed E-state index contributed by atoms with van der Waals surface area (Å²) < 4.78 is 0. The van der Waals surface area contributed by atoms with Crippen LogP contribution in [0.4, 0.5) is 5.13 Å². The lowest BCUT2D eigenvalue weighted by Gasteiger charge is -2.24. The van der Waals surface area contributed by atoms with Crippen LogP contribution in [0.5, 0.6) is 0 Å². The number of hydrogen-bond acceptors (Lipinski definition) is 4. The van der Waals surface area contributed by atoms with Crippen LogP contribution in [0.1, 0.15) is 48.0 Å². The molecule has 0 bridgehead atoms. The van der Waals surface area contributed by atoms with E-state index in [0.717, 1.165) is 29.4 Å². The van der Waals surface area contributed by atoms with Crippen molar-refractivity contribution in [1.29, 1.82) is 0 Å². The number of anilines is 1. The van der Waals surface area contributed by atoms with E-state index in [1.165, 1.54) is 16.1 Å². The van der Waals surface area contributed by atoms with Crippen LogP contribution in [-0.4, -0.2) is 12.0 Å². The minimum Gasteiger partial charge on any atom is -0.344 e. The standard InChI is InChI=1S/C16H20ClN3S/c1-10(11-6-8-12(17)9-7-11)20(2)16-19-14-5-3-4-13(18)15(14)21-16/h6-10,13H,3-5,18H2,1-2H3. The third-order valence-electron chi connectivity index (χ3n) is 4.22.